The zero-order chi connectivity index (χ0) is 13.1. The lowest BCUT2D eigenvalue weighted by molar-refractivity contribution is 0.589. The van der Waals surface area contributed by atoms with E-state index in [4.69, 9.17) is 5.73 Å². The molecule has 18 heavy (non-hydrogen) atoms. The first-order valence-corrected chi connectivity index (χ1v) is 5.93. The third kappa shape index (κ3) is 2.41. The van der Waals surface area contributed by atoms with Crippen LogP contribution in [0.2, 0.25) is 0 Å². The third-order valence-corrected chi connectivity index (χ3v) is 3.01. The Bertz CT molecular complexity index is 532. The number of hydrogen-bond acceptors (Lipinski definition) is 1. The van der Waals surface area contributed by atoms with E-state index < -0.39 is 11.6 Å². The predicted octanol–water partition coefficient (Wildman–Crippen LogP) is 4.04. The summed E-state index contributed by atoms with van der Waals surface area (Å²) >= 11 is 0. The molecule has 0 aliphatic carbocycles. The van der Waals surface area contributed by atoms with Gasteiger partial charge in [0.25, 0.3) is 0 Å². The molecule has 0 radical (unpaired) electrons. The highest BCUT2D eigenvalue weighted by Crippen LogP contribution is 2.28. The summed E-state index contributed by atoms with van der Waals surface area (Å²) in [6.07, 6.45) is 0.781. The normalized spacial score (nSPS) is 12.4. The van der Waals surface area contributed by atoms with Crippen LogP contribution in [-0.2, 0) is 0 Å². The Hall–Kier alpha value is -1.74. The van der Waals surface area contributed by atoms with Gasteiger partial charge in [0.1, 0.15) is 11.6 Å². The molecular formula is C15H15F2N. The first-order valence-electron chi connectivity index (χ1n) is 5.93. The van der Waals surface area contributed by atoms with E-state index in [0.717, 1.165) is 12.0 Å². The minimum Gasteiger partial charge on any atom is -0.324 e. The van der Waals surface area contributed by atoms with Gasteiger partial charge in [-0.2, -0.15) is 0 Å². The molecule has 2 aromatic rings. The molecular weight excluding hydrogens is 232 g/mol. The Labute approximate surface area is 105 Å². The van der Waals surface area contributed by atoms with E-state index in [2.05, 4.69) is 0 Å². The second-order valence-electron chi connectivity index (χ2n) is 4.24. The second kappa shape index (κ2) is 5.27. The molecule has 2 N–H and O–H groups in total. The summed E-state index contributed by atoms with van der Waals surface area (Å²) in [6.45, 7) is 1.97. The molecule has 1 atom stereocenters. The van der Waals surface area contributed by atoms with Crippen LogP contribution in [0.3, 0.4) is 0 Å². The van der Waals surface area contributed by atoms with Crippen molar-refractivity contribution < 1.29 is 8.78 Å². The van der Waals surface area contributed by atoms with Crippen molar-refractivity contribution in [3.05, 3.63) is 59.7 Å². The lowest BCUT2D eigenvalue weighted by Crippen LogP contribution is -2.08. The van der Waals surface area contributed by atoms with Crippen molar-refractivity contribution in [3.63, 3.8) is 0 Å². The first kappa shape index (κ1) is 12.7. The minimum atomic E-state index is -0.558. The van der Waals surface area contributed by atoms with Gasteiger partial charge in [0.05, 0.1) is 5.56 Å². The zero-order valence-electron chi connectivity index (χ0n) is 10.2. The highest BCUT2D eigenvalue weighted by molar-refractivity contribution is 5.65. The molecule has 1 nitrogen and oxygen atoms in total. The average molecular weight is 247 g/mol. The van der Waals surface area contributed by atoms with Gasteiger partial charge in [0.15, 0.2) is 0 Å². The Morgan fingerprint density at radius 2 is 1.67 bits per heavy atom. The number of benzene rings is 2. The van der Waals surface area contributed by atoms with Crippen LogP contribution in [0, 0.1) is 11.6 Å². The van der Waals surface area contributed by atoms with E-state index in [-0.39, 0.29) is 11.6 Å². The van der Waals surface area contributed by atoms with Crippen LogP contribution in [-0.4, -0.2) is 0 Å². The summed E-state index contributed by atoms with van der Waals surface area (Å²) < 4.78 is 27.4. The highest BCUT2D eigenvalue weighted by atomic mass is 19.1. The lowest BCUT2D eigenvalue weighted by atomic mass is 9.98. The van der Waals surface area contributed by atoms with Crippen LogP contribution in [0.15, 0.2) is 42.5 Å². The fraction of sp³-hybridized carbons (Fsp3) is 0.200. The smallest absolute Gasteiger partial charge is 0.133 e. The van der Waals surface area contributed by atoms with E-state index in [9.17, 15) is 8.78 Å². The van der Waals surface area contributed by atoms with Crippen LogP contribution in [0.1, 0.15) is 24.9 Å². The topological polar surface area (TPSA) is 26.0 Å². The molecule has 0 aromatic heterocycles. The molecule has 0 spiro atoms. The van der Waals surface area contributed by atoms with Crippen LogP contribution >= 0.6 is 0 Å². The van der Waals surface area contributed by atoms with E-state index in [1.165, 1.54) is 18.2 Å². The zero-order valence-corrected chi connectivity index (χ0v) is 10.2. The van der Waals surface area contributed by atoms with Crippen LogP contribution in [0.5, 0.6) is 0 Å². The van der Waals surface area contributed by atoms with E-state index >= 15 is 0 Å². The van der Waals surface area contributed by atoms with Gasteiger partial charge in [-0.05, 0) is 35.7 Å². The number of rotatable bonds is 3. The van der Waals surface area contributed by atoms with Gasteiger partial charge in [-0.25, -0.2) is 8.78 Å². The molecule has 2 rings (SSSR count). The maximum Gasteiger partial charge on any atom is 0.133 e. The molecule has 0 heterocycles. The average Bonchev–Trinajstić information content (AvgIpc) is 2.38. The molecule has 0 amide bonds. The monoisotopic (exact) mass is 247 g/mol. The van der Waals surface area contributed by atoms with Gasteiger partial charge in [-0.3, -0.25) is 0 Å². The molecule has 3 heteroatoms. The Balaban J connectivity index is 2.51. The van der Waals surface area contributed by atoms with E-state index in [1.807, 2.05) is 13.0 Å². The summed E-state index contributed by atoms with van der Waals surface area (Å²) in [5, 5.41) is 0. The van der Waals surface area contributed by atoms with Gasteiger partial charge >= 0.3 is 0 Å². The van der Waals surface area contributed by atoms with Crippen molar-refractivity contribution >= 4 is 0 Å². The summed E-state index contributed by atoms with van der Waals surface area (Å²) in [7, 11) is 0. The summed E-state index contributed by atoms with van der Waals surface area (Å²) in [5.74, 6) is -1.12. The molecule has 2 aromatic carbocycles. The largest absolute Gasteiger partial charge is 0.324 e. The van der Waals surface area contributed by atoms with Crippen molar-refractivity contribution in [1.82, 2.24) is 0 Å². The molecule has 0 fully saturated rings. The van der Waals surface area contributed by atoms with Gasteiger partial charge in [0.2, 0.25) is 0 Å². The fourth-order valence-corrected chi connectivity index (χ4v) is 1.93. The third-order valence-electron chi connectivity index (χ3n) is 3.01. The van der Waals surface area contributed by atoms with Gasteiger partial charge in [0, 0.05) is 6.04 Å². The SMILES string of the molecule is CCC(N)c1cccc(-c2c(F)cccc2F)c1. The minimum absolute atomic E-state index is 0.00246. The fourth-order valence-electron chi connectivity index (χ4n) is 1.93. The molecule has 0 bridgehead atoms. The number of halogens is 2. The summed E-state index contributed by atoms with van der Waals surface area (Å²) in [4.78, 5) is 0. The van der Waals surface area contributed by atoms with Crippen LogP contribution < -0.4 is 5.73 Å². The Kier molecular flexibility index (Phi) is 3.72. The van der Waals surface area contributed by atoms with Crippen molar-refractivity contribution in [2.24, 2.45) is 5.73 Å². The quantitative estimate of drug-likeness (QED) is 0.870. The molecule has 94 valence electrons. The Morgan fingerprint density at radius 3 is 2.28 bits per heavy atom. The summed E-state index contributed by atoms with van der Waals surface area (Å²) in [5.41, 5.74) is 7.34. The Morgan fingerprint density at radius 1 is 1.06 bits per heavy atom. The van der Waals surface area contributed by atoms with Gasteiger partial charge < -0.3 is 5.73 Å². The number of hydrogen-bond donors (Lipinski definition) is 1. The van der Waals surface area contributed by atoms with Crippen LogP contribution in [0.25, 0.3) is 11.1 Å². The van der Waals surface area contributed by atoms with E-state index in [1.54, 1.807) is 18.2 Å². The molecule has 1 unspecified atom stereocenters. The van der Waals surface area contributed by atoms with Crippen LogP contribution in [0.4, 0.5) is 8.78 Å². The maximum atomic E-state index is 13.7. The van der Waals surface area contributed by atoms with Crippen molar-refractivity contribution in [2.45, 2.75) is 19.4 Å². The maximum absolute atomic E-state index is 13.7. The number of nitrogens with two attached hydrogens (primary N) is 1. The van der Waals surface area contributed by atoms with Gasteiger partial charge in [-0.1, -0.05) is 31.2 Å². The molecule has 0 saturated carbocycles. The molecule has 0 aliphatic rings. The standard InChI is InChI=1S/C15H15F2N/c1-2-14(18)10-5-3-6-11(9-10)15-12(16)7-4-8-13(15)17/h3-9,14H,2,18H2,1H3. The van der Waals surface area contributed by atoms with E-state index in [0.29, 0.717) is 5.56 Å². The van der Waals surface area contributed by atoms with Crippen molar-refractivity contribution in [2.75, 3.05) is 0 Å². The highest BCUT2D eigenvalue weighted by Gasteiger charge is 2.12. The second-order valence-corrected chi connectivity index (χ2v) is 4.24. The van der Waals surface area contributed by atoms with Crippen molar-refractivity contribution in [1.29, 1.82) is 0 Å². The lowest BCUT2D eigenvalue weighted by Gasteiger charge is -2.12. The van der Waals surface area contributed by atoms with Gasteiger partial charge in [-0.15, -0.1) is 0 Å². The predicted molar refractivity (Wildman–Crippen MR) is 69.0 cm³/mol. The van der Waals surface area contributed by atoms with Crippen molar-refractivity contribution in [3.8, 4) is 11.1 Å². The summed E-state index contributed by atoms with van der Waals surface area (Å²) in [6, 6.07) is 10.8. The first-order chi connectivity index (χ1) is 8.63. The molecule has 0 aliphatic heterocycles. The molecule has 0 saturated heterocycles.